The van der Waals surface area contributed by atoms with Crippen LogP contribution >= 0.6 is 0 Å². The maximum atomic E-state index is 12.9. The molecule has 0 fully saturated rings. The molecule has 4 nitrogen and oxygen atoms in total. The number of fused-ring (bicyclic) bond motifs is 1. The van der Waals surface area contributed by atoms with E-state index < -0.39 is 17.7 Å². The number of aliphatic carboxylic acids is 1. The summed E-state index contributed by atoms with van der Waals surface area (Å²) in [6.45, 7) is 2.11. The molecule has 0 aliphatic carbocycles. The molecule has 7 heteroatoms. The highest BCUT2D eigenvalue weighted by molar-refractivity contribution is 5.96. The normalized spacial score (nSPS) is 12.5. The van der Waals surface area contributed by atoms with E-state index in [1.54, 1.807) is 12.1 Å². The molecule has 0 bridgehead atoms. The van der Waals surface area contributed by atoms with Crippen LogP contribution in [0.3, 0.4) is 0 Å². The van der Waals surface area contributed by atoms with Crippen LogP contribution in [0.5, 0.6) is 0 Å². The van der Waals surface area contributed by atoms with E-state index >= 15 is 0 Å². The first kappa shape index (κ1) is 26.2. The molecule has 0 radical (unpaired) electrons. The molecule has 0 spiro atoms. The summed E-state index contributed by atoms with van der Waals surface area (Å²) in [5.74, 6) is -0.974. The van der Waals surface area contributed by atoms with Gasteiger partial charge in [0.15, 0.2) is 5.78 Å². The van der Waals surface area contributed by atoms with Gasteiger partial charge < -0.3 is 9.67 Å². The van der Waals surface area contributed by atoms with Gasteiger partial charge in [0.05, 0.1) is 11.6 Å². The summed E-state index contributed by atoms with van der Waals surface area (Å²) in [6.07, 6.45) is -0.0120. The zero-order valence-electron chi connectivity index (χ0n) is 20.5. The first-order valence-corrected chi connectivity index (χ1v) is 12.3. The second-order valence-electron chi connectivity index (χ2n) is 9.17. The van der Waals surface area contributed by atoms with Crippen molar-refractivity contribution in [2.45, 2.75) is 51.2 Å². The predicted octanol–water partition coefficient (Wildman–Crippen LogP) is 8.15. The van der Waals surface area contributed by atoms with E-state index in [2.05, 4.69) is 11.5 Å². The Balaban J connectivity index is 1.57. The summed E-state index contributed by atoms with van der Waals surface area (Å²) in [4.78, 5) is 23.1. The maximum Gasteiger partial charge on any atom is 0.416 e. The van der Waals surface area contributed by atoms with Crippen molar-refractivity contribution in [3.8, 4) is 11.1 Å². The van der Waals surface area contributed by atoms with Crippen LogP contribution in [0.15, 0.2) is 79.0 Å². The van der Waals surface area contributed by atoms with Gasteiger partial charge in [0.1, 0.15) is 0 Å². The summed E-state index contributed by atoms with van der Waals surface area (Å²) >= 11 is 0. The summed E-state index contributed by atoms with van der Waals surface area (Å²) in [6, 6.07) is 20.6. The lowest BCUT2D eigenvalue weighted by Crippen LogP contribution is -2.10. The Labute approximate surface area is 213 Å². The Bertz CT molecular complexity index is 1390. The minimum absolute atomic E-state index is 0.0241. The number of Topliss-reactive ketones (excluding diaryl/α,β-unsaturated/α-hetero) is 1. The molecule has 0 aliphatic heterocycles. The molecule has 0 amide bonds. The Hall–Kier alpha value is -3.87. The maximum absolute atomic E-state index is 12.9. The standard InChI is InChI=1S/C30H28F3NO3/c1-2-4-26(21-7-9-22(10-8-21)28(35)5-3-6-29(36)37)34-18-17-24-19-23(13-16-27(24)34)20-11-14-25(15-12-20)30(31,32)33/h7-19,26H,2-6H2,1H3,(H,36,37). The molecule has 4 rings (SSSR count). The molecule has 0 saturated heterocycles. The van der Waals surface area contributed by atoms with Crippen molar-refractivity contribution in [2.24, 2.45) is 0 Å². The number of rotatable bonds is 10. The minimum Gasteiger partial charge on any atom is -0.481 e. The van der Waals surface area contributed by atoms with Crippen LogP contribution in [-0.2, 0) is 11.0 Å². The van der Waals surface area contributed by atoms with Crippen molar-refractivity contribution in [1.29, 1.82) is 0 Å². The number of hydrogen-bond donors (Lipinski definition) is 1. The van der Waals surface area contributed by atoms with Crippen LogP contribution in [0.1, 0.15) is 66.6 Å². The van der Waals surface area contributed by atoms with E-state index in [1.807, 2.05) is 42.6 Å². The van der Waals surface area contributed by atoms with Gasteiger partial charge in [0.25, 0.3) is 0 Å². The molecular formula is C30H28F3NO3. The molecule has 1 N–H and O–H groups in total. The highest BCUT2D eigenvalue weighted by atomic mass is 19.4. The monoisotopic (exact) mass is 507 g/mol. The summed E-state index contributed by atoms with van der Waals surface area (Å²) in [5, 5.41) is 9.76. The fourth-order valence-corrected chi connectivity index (χ4v) is 4.64. The number of benzene rings is 3. The van der Waals surface area contributed by atoms with Gasteiger partial charge in [-0.05, 0) is 59.9 Å². The van der Waals surface area contributed by atoms with Crippen molar-refractivity contribution in [1.82, 2.24) is 4.57 Å². The Morgan fingerprint density at radius 3 is 2.19 bits per heavy atom. The van der Waals surface area contributed by atoms with Crippen molar-refractivity contribution in [3.63, 3.8) is 0 Å². The van der Waals surface area contributed by atoms with Crippen LogP contribution < -0.4 is 0 Å². The molecular weight excluding hydrogens is 479 g/mol. The number of hydrogen-bond acceptors (Lipinski definition) is 2. The molecule has 1 atom stereocenters. The summed E-state index contributed by atoms with van der Waals surface area (Å²) in [5.41, 5.74) is 3.55. The van der Waals surface area contributed by atoms with Gasteiger partial charge in [-0.25, -0.2) is 0 Å². The average molecular weight is 508 g/mol. The summed E-state index contributed by atoms with van der Waals surface area (Å²) in [7, 11) is 0. The Morgan fingerprint density at radius 2 is 1.57 bits per heavy atom. The van der Waals surface area contributed by atoms with Crippen LogP contribution in [0.4, 0.5) is 13.2 Å². The highest BCUT2D eigenvalue weighted by Crippen LogP contribution is 2.34. The van der Waals surface area contributed by atoms with Gasteiger partial charge >= 0.3 is 12.1 Å². The van der Waals surface area contributed by atoms with Crippen LogP contribution in [0, 0.1) is 0 Å². The van der Waals surface area contributed by atoms with E-state index in [1.165, 1.54) is 12.1 Å². The number of halogens is 3. The van der Waals surface area contributed by atoms with Gasteiger partial charge in [0, 0.05) is 35.5 Å². The van der Waals surface area contributed by atoms with E-state index in [4.69, 9.17) is 5.11 Å². The number of ketones is 1. The van der Waals surface area contributed by atoms with Gasteiger partial charge in [0.2, 0.25) is 0 Å². The quantitative estimate of drug-likeness (QED) is 0.220. The first-order chi connectivity index (χ1) is 17.7. The Morgan fingerprint density at radius 1 is 0.892 bits per heavy atom. The molecule has 0 aliphatic rings. The molecule has 1 heterocycles. The Kier molecular flexibility index (Phi) is 7.81. The van der Waals surface area contributed by atoms with Crippen LogP contribution in [0.2, 0.25) is 0 Å². The number of carboxylic acids is 1. The van der Waals surface area contributed by atoms with Gasteiger partial charge in [-0.3, -0.25) is 9.59 Å². The third-order valence-corrected chi connectivity index (χ3v) is 6.58. The van der Waals surface area contributed by atoms with Crippen LogP contribution in [-0.4, -0.2) is 21.4 Å². The van der Waals surface area contributed by atoms with Crippen molar-refractivity contribution >= 4 is 22.7 Å². The van der Waals surface area contributed by atoms with E-state index in [9.17, 15) is 22.8 Å². The van der Waals surface area contributed by atoms with Crippen LogP contribution in [0.25, 0.3) is 22.0 Å². The van der Waals surface area contributed by atoms with Gasteiger partial charge in [-0.2, -0.15) is 13.2 Å². The van der Waals surface area contributed by atoms with Gasteiger partial charge in [-0.1, -0.05) is 55.8 Å². The number of carbonyl (C=O) groups excluding carboxylic acids is 1. The van der Waals surface area contributed by atoms with E-state index in [-0.39, 0.29) is 24.7 Å². The number of nitrogens with zero attached hydrogens (tertiary/aromatic N) is 1. The van der Waals surface area contributed by atoms with Gasteiger partial charge in [-0.15, -0.1) is 0 Å². The average Bonchev–Trinajstić information content (AvgIpc) is 3.29. The molecule has 37 heavy (non-hydrogen) atoms. The number of alkyl halides is 3. The lowest BCUT2D eigenvalue weighted by atomic mass is 9.98. The second-order valence-corrected chi connectivity index (χ2v) is 9.17. The smallest absolute Gasteiger partial charge is 0.416 e. The number of carboxylic acid groups (broad SMARTS) is 1. The molecule has 0 saturated carbocycles. The van der Waals surface area contributed by atoms with Crippen molar-refractivity contribution in [2.75, 3.05) is 0 Å². The third-order valence-electron chi connectivity index (χ3n) is 6.58. The first-order valence-electron chi connectivity index (χ1n) is 12.3. The minimum atomic E-state index is -4.36. The molecule has 4 aromatic rings. The predicted molar refractivity (Wildman–Crippen MR) is 138 cm³/mol. The van der Waals surface area contributed by atoms with Crippen molar-refractivity contribution < 1.29 is 27.9 Å². The number of carbonyl (C=O) groups is 2. The fraction of sp³-hybridized carbons (Fsp3) is 0.267. The molecule has 1 unspecified atom stereocenters. The summed E-state index contributed by atoms with van der Waals surface area (Å²) < 4.78 is 40.9. The van der Waals surface area contributed by atoms with Crippen molar-refractivity contribution in [3.05, 3.63) is 95.7 Å². The number of aromatic nitrogens is 1. The second kappa shape index (κ2) is 11.0. The topological polar surface area (TPSA) is 59.3 Å². The zero-order chi connectivity index (χ0) is 26.6. The third kappa shape index (κ3) is 6.10. The fourth-order valence-electron chi connectivity index (χ4n) is 4.64. The molecule has 192 valence electrons. The largest absolute Gasteiger partial charge is 0.481 e. The van der Waals surface area contributed by atoms with E-state index in [0.29, 0.717) is 12.0 Å². The van der Waals surface area contributed by atoms with E-state index in [0.717, 1.165) is 52.6 Å². The molecule has 1 aromatic heterocycles. The highest BCUT2D eigenvalue weighted by Gasteiger charge is 2.30. The lowest BCUT2D eigenvalue weighted by molar-refractivity contribution is -0.138. The zero-order valence-corrected chi connectivity index (χ0v) is 20.5. The molecule has 3 aromatic carbocycles. The lowest BCUT2D eigenvalue weighted by Gasteiger charge is -2.21. The SMILES string of the molecule is CCCC(c1ccc(C(=O)CCCC(=O)O)cc1)n1ccc2cc(-c3ccc(C(F)(F)F)cc3)ccc21.